The van der Waals surface area contributed by atoms with Crippen molar-refractivity contribution in [3.8, 4) is 11.8 Å². The van der Waals surface area contributed by atoms with Crippen molar-refractivity contribution in [3.05, 3.63) is 52.6 Å². The summed E-state index contributed by atoms with van der Waals surface area (Å²) in [5, 5.41) is 19.4. The molecule has 4 rings (SSSR count). The maximum absolute atomic E-state index is 13.1. The monoisotopic (exact) mass is 455 g/mol. The molecule has 170 valence electrons. The Balaban J connectivity index is 1.57. The van der Waals surface area contributed by atoms with Gasteiger partial charge in [-0.25, -0.2) is 13.1 Å². The van der Waals surface area contributed by atoms with Gasteiger partial charge in [0.05, 0.1) is 12.2 Å². The fourth-order valence-corrected chi connectivity index (χ4v) is 6.18. The second-order valence-corrected chi connectivity index (χ2v) is 10.6. The topological polar surface area (TPSA) is 103 Å². The van der Waals surface area contributed by atoms with Gasteiger partial charge in [0.1, 0.15) is 16.7 Å². The van der Waals surface area contributed by atoms with Gasteiger partial charge < -0.3 is 14.7 Å². The fraction of sp³-hybridized carbons (Fsp3) is 0.458. The van der Waals surface area contributed by atoms with Crippen LogP contribution in [0.3, 0.4) is 0 Å². The molecule has 1 fully saturated rings. The molecule has 2 aliphatic rings. The average Bonchev–Trinajstić information content (AvgIpc) is 3.24. The number of aliphatic hydroxyl groups excluding tert-OH is 1. The van der Waals surface area contributed by atoms with Crippen molar-refractivity contribution in [2.75, 3.05) is 31.2 Å². The quantitative estimate of drug-likeness (QED) is 0.694. The number of ether oxygens (including phenoxy) is 1. The zero-order chi connectivity index (χ0) is 22.9. The summed E-state index contributed by atoms with van der Waals surface area (Å²) in [6, 6.07) is 11.2. The lowest BCUT2D eigenvalue weighted by Gasteiger charge is -2.37. The zero-order valence-corrected chi connectivity index (χ0v) is 19.3. The van der Waals surface area contributed by atoms with E-state index in [9.17, 15) is 18.8 Å². The third kappa shape index (κ3) is 4.60. The molecule has 1 saturated heterocycles. The van der Waals surface area contributed by atoms with Crippen LogP contribution in [0.4, 0.5) is 5.69 Å². The number of nitrogens with one attached hydrogen (secondary N) is 1. The summed E-state index contributed by atoms with van der Waals surface area (Å²) in [6.45, 7) is 6.28. The van der Waals surface area contributed by atoms with E-state index in [1.165, 1.54) is 0 Å². The minimum Gasteiger partial charge on any atom is -0.493 e. The van der Waals surface area contributed by atoms with E-state index in [2.05, 4.69) is 22.6 Å². The van der Waals surface area contributed by atoms with Crippen molar-refractivity contribution in [2.45, 2.75) is 38.1 Å². The number of anilines is 1. The highest BCUT2D eigenvalue weighted by Crippen LogP contribution is 2.31. The van der Waals surface area contributed by atoms with Crippen LogP contribution in [0.5, 0.6) is 5.75 Å². The van der Waals surface area contributed by atoms with Gasteiger partial charge in [0.25, 0.3) is 0 Å². The number of fused-ring (bicyclic) bond motifs is 1. The van der Waals surface area contributed by atoms with Crippen LogP contribution in [0.2, 0.25) is 0 Å². The number of sulfonamides is 1. The van der Waals surface area contributed by atoms with Gasteiger partial charge in [0.15, 0.2) is 0 Å². The molecule has 0 amide bonds. The summed E-state index contributed by atoms with van der Waals surface area (Å²) in [4.78, 5) is 2.16. The van der Waals surface area contributed by atoms with Crippen molar-refractivity contribution >= 4 is 15.7 Å². The van der Waals surface area contributed by atoms with Crippen LogP contribution in [0, 0.1) is 30.1 Å². The smallest absolute Gasteiger partial charge is 0.242 e. The van der Waals surface area contributed by atoms with Gasteiger partial charge in [-0.15, -0.1) is 0 Å². The van der Waals surface area contributed by atoms with Crippen molar-refractivity contribution < 1.29 is 18.3 Å². The Morgan fingerprint density at radius 1 is 1.28 bits per heavy atom. The first-order chi connectivity index (χ1) is 15.3. The van der Waals surface area contributed by atoms with Gasteiger partial charge in [-0.2, -0.15) is 5.26 Å². The lowest BCUT2D eigenvalue weighted by atomic mass is 9.90. The molecule has 0 aromatic heterocycles. The minimum atomic E-state index is -3.88. The average molecular weight is 456 g/mol. The van der Waals surface area contributed by atoms with Crippen LogP contribution >= 0.6 is 0 Å². The van der Waals surface area contributed by atoms with Gasteiger partial charge in [0, 0.05) is 38.3 Å². The third-order valence-corrected chi connectivity index (χ3v) is 7.84. The number of piperidine rings is 1. The standard InChI is InChI=1S/C24H29N3O4S/c1-16-7-19(15-28)14-27(13-16)22-8-17(2)24(21(10-22)11-25)32(29,30)26-12-18-3-4-23-20(9-18)5-6-31-23/h3-4,8-10,16,19,26,28H,5-7,12-15H2,1-2H3. The summed E-state index contributed by atoms with van der Waals surface area (Å²) in [5.41, 5.74) is 3.42. The van der Waals surface area contributed by atoms with Crippen molar-refractivity contribution in [3.63, 3.8) is 0 Å². The van der Waals surface area contributed by atoms with E-state index in [1.807, 2.05) is 24.3 Å². The first kappa shape index (κ1) is 22.6. The van der Waals surface area contributed by atoms with Gasteiger partial charge >= 0.3 is 0 Å². The predicted molar refractivity (Wildman–Crippen MR) is 122 cm³/mol. The van der Waals surface area contributed by atoms with E-state index in [1.54, 1.807) is 13.0 Å². The van der Waals surface area contributed by atoms with Gasteiger partial charge in [-0.3, -0.25) is 0 Å². The second-order valence-electron chi connectivity index (χ2n) is 8.91. The van der Waals surface area contributed by atoms with E-state index in [-0.39, 0.29) is 29.5 Å². The Bertz CT molecular complexity index is 1160. The largest absolute Gasteiger partial charge is 0.493 e. The normalized spacial score (nSPS) is 20.5. The second kappa shape index (κ2) is 9.10. The summed E-state index contributed by atoms with van der Waals surface area (Å²) in [7, 11) is -3.88. The molecule has 2 atom stereocenters. The van der Waals surface area contributed by atoms with Gasteiger partial charge in [-0.1, -0.05) is 19.1 Å². The molecule has 2 aliphatic heterocycles. The number of nitriles is 1. The van der Waals surface area contributed by atoms with Crippen molar-refractivity contribution in [2.24, 2.45) is 11.8 Å². The van der Waals surface area contributed by atoms with Crippen molar-refractivity contribution in [1.82, 2.24) is 4.72 Å². The molecule has 0 aliphatic carbocycles. The molecule has 2 heterocycles. The lowest BCUT2D eigenvalue weighted by molar-refractivity contribution is 0.189. The summed E-state index contributed by atoms with van der Waals surface area (Å²) in [5.74, 6) is 1.44. The van der Waals surface area contributed by atoms with Crippen LogP contribution in [-0.2, 0) is 23.0 Å². The molecule has 0 saturated carbocycles. The van der Waals surface area contributed by atoms with E-state index < -0.39 is 10.0 Å². The van der Waals surface area contributed by atoms with Crippen LogP contribution in [0.15, 0.2) is 35.2 Å². The van der Waals surface area contributed by atoms with E-state index in [4.69, 9.17) is 4.74 Å². The van der Waals surface area contributed by atoms with Gasteiger partial charge in [0.2, 0.25) is 10.0 Å². The molecular formula is C24H29N3O4S. The number of nitrogens with zero attached hydrogens (tertiary/aromatic N) is 2. The number of hydrogen-bond acceptors (Lipinski definition) is 6. The molecule has 2 N–H and O–H groups in total. The molecule has 32 heavy (non-hydrogen) atoms. The van der Waals surface area contributed by atoms with Crippen LogP contribution in [-0.4, -0.2) is 39.8 Å². The number of aryl methyl sites for hydroxylation is 1. The van der Waals surface area contributed by atoms with Crippen LogP contribution < -0.4 is 14.4 Å². The Morgan fingerprint density at radius 2 is 2.09 bits per heavy atom. The summed E-state index contributed by atoms with van der Waals surface area (Å²) >= 11 is 0. The van der Waals surface area contributed by atoms with Crippen LogP contribution in [0.25, 0.3) is 0 Å². The number of hydrogen-bond donors (Lipinski definition) is 2. The molecule has 7 nitrogen and oxygen atoms in total. The third-order valence-electron chi connectivity index (χ3n) is 6.24. The predicted octanol–water partition coefficient (Wildman–Crippen LogP) is 2.73. The van der Waals surface area contributed by atoms with E-state index in [0.717, 1.165) is 42.0 Å². The molecule has 0 radical (unpaired) electrons. The first-order valence-electron chi connectivity index (χ1n) is 11.0. The number of rotatable bonds is 6. The Kier molecular flexibility index (Phi) is 6.42. The van der Waals surface area contributed by atoms with E-state index >= 15 is 0 Å². The molecule has 0 bridgehead atoms. The number of aliphatic hydroxyl groups is 1. The molecule has 0 spiro atoms. The summed E-state index contributed by atoms with van der Waals surface area (Å²) in [6.07, 6.45) is 1.78. The highest BCUT2D eigenvalue weighted by Gasteiger charge is 2.27. The molecule has 2 aromatic carbocycles. The van der Waals surface area contributed by atoms with Gasteiger partial charge in [-0.05, 0) is 60.1 Å². The van der Waals surface area contributed by atoms with Crippen molar-refractivity contribution in [1.29, 1.82) is 5.26 Å². The minimum absolute atomic E-state index is 0.0250. The molecular weight excluding hydrogens is 426 g/mol. The zero-order valence-electron chi connectivity index (χ0n) is 18.5. The molecule has 8 heteroatoms. The molecule has 2 aromatic rings. The maximum Gasteiger partial charge on any atom is 0.242 e. The highest BCUT2D eigenvalue weighted by molar-refractivity contribution is 7.89. The maximum atomic E-state index is 13.1. The Morgan fingerprint density at radius 3 is 2.84 bits per heavy atom. The molecule has 2 unspecified atom stereocenters. The first-order valence-corrected chi connectivity index (χ1v) is 12.4. The SMILES string of the molecule is Cc1cc(N2CC(C)CC(CO)C2)cc(C#N)c1S(=O)(=O)NCc1ccc2c(c1)CCO2. The Hall–Kier alpha value is -2.60. The number of benzene rings is 2. The lowest BCUT2D eigenvalue weighted by Crippen LogP contribution is -2.41. The van der Waals surface area contributed by atoms with Crippen LogP contribution in [0.1, 0.15) is 35.6 Å². The fourth-order valence-electron chi connectivity index (χ4n) is 4.80. The summed E-state index contributed by atoms with van der Waals surface area (Å²) < 4.78 is 34.4. The van der Waals surface area contributed by atoms with E-state index in [0.29, 0.717) is 24.6 Å². The highest BCUT2D eigenvalue weighted by atomic mass is 32.2. The Labute approximate surface area is 189 Å².